The molecule has 0 saturated carbocycles. The first kappa shape index (κ1) is 26.2. The number of benzene rings is 3. The number of piperidine rings is 2. The van der Waals surface area contributed by atoms with E-state index < -0.39 is 5.60 Å². The number of carbonyl (C=O) groups is 1. The molecule has 0 bridgehead atoms. The molecule has 4 nitrogen and oxygen atoms in total. The predicted molar refractivity (Wildman–Crippen MR) is 150 cm³/mol. The molecule has 2 atom stereocenters. The Morgan fingerprint density at radius 1 is 0.892 bits per heavy atom. The van der Waals surface area contributed by atoms with Crippen LogP contribution in [0.5, 0.6) is 0 Å². The quantitative estimate of drug-likeness (QED) is 0.378. The fourth-order valence-corrected chi connectivity index (χ4v) is 6.35. The molecule has 37 heavy (non-hydrogen) atoms. The summed E-state index contributed by atoms with van der Waals surface area (Å²) in [6.07, 6.45) is 4.26. The second-order valence-electron chi connectivity index (χ2n) is 10.4. The molecule has 2 aliphatic heterocycles. The molecule has 2 heterocycles. The fraction of sp³-hybridized carbons (Fsp3) is 0.387. The molecule has 0 spiro atoms. The molecule has 194 valence electrons. The van der Waals surface area contributed by atoms with Crippen molar-refractivity contribution in [3.63, 3.8) is 0 Å². The van der Waals surface area contributed by atoms with Crippen LogP contribution in [-0.4, -0.2) is 53.0 Å². The Hall–Kier alpha value is -2.37. The Morgan fingerprint density at radius 2 is 1.57 bits per heavy atom. The van der Waals surface area contributed by atoms with E-state index in [2.05, 4.69) is 15.9 Å². The van der Waals surface area contributed by atoms with Crippen molar-refractivity contribution in [1.82, 2.24) is 9.80 Å². The normalized spacial score (nSPS) is 22.1. The highest BCUT2D eigenvalue weighted by Gasteiger charge is 2.37. The minimum Gasteiger partial charge on any atom is -0.385 e. The molecule has 6 heteroatoms. The van der Waals surface area contributed by atoms with Crippen LogP contribution < -0.4 is 0 Å². The van der Waals surface area contributed by atoms with E-state index in [-0.39, 0.29) is 17.9 Å². The lowest BCUT2D eigenvalue weighted by Crippen LogP contribution is -2.50. The molecular formula is C31H34Cl2N2O2. The molecule has 0 radical (unpaired) electrons. The van der Waals surface area contributed by atoms with Crippen molar-refractivity contribution < 1.29 is 9.90 Å². The van der Waals surface area contributed by atoms with Crippen LogP contribution in [0.4, 0.5) is 0 Å². The van der Waals surface area contributed by atoms with Crippen molar-refractivity contribution in [2.24, 2.45) is 0 Å². The summed E-state index contributed by atoms with van der Waals surface area (Å²) in [5.41, 5.74) is 2.11. The Kier molecular flexibility index (Phi) is 8.21. The maximum absolute atomic E-state index is 13.6. The van der Waals surface area contributed by atoms with Gasteiger partial charge in [-0.25, -0.2) is 0 Å². The van der Waals surface area contributed by atoms with Gasteiger partial charge in [-0.2, -0.15) is 0 Å². The zero-order valence-electron chi connectivity index (χ0n) is 21.0. The summed E-state index contributed by atoms with van der Waals surface area (Å²) in [4.78, 5) is 18.1. The van der Waals surface area contributed by atoms with Gasteiger partial charge in [0.2, 0.25) is 0 Å². The highest BCUT2D eigenvalue weighted by molar-refractivity contribution is 6.42. The Balaban J connectivity index is 1.33. The molecule has 2 fully saturated rings. The molecule has 1 N–H and O–H groups in total. The van der Waals surface area contributed by atoms with Crippen LogP contribution in [0.15, 0.2) is 78.9 Å². The zero-order valence-corrected chi connectivity index (χ0v) is 22.5. The molecule has 0 aromatic heterocycles. The zero-order chi connectivity index (χ0) is 25.8. The number of carbonyl (C=O) groups excluding carboxylic acids is 1. The van der Waals surface area contributed by atoms with E-state index in [1.807, 2.05) is 72.8 Å². The highest BCUT2D eigenvalue weighted by atomic mass is 35.5. The smallest absolute Gasteiger partial charge is 0.254 e. The Labute approximate surface area is 229 Å². The average molecular weight is 538 g/mol. The summed E-state index contributed by atoms with van der Waals surface area (Å²) < 4.78 is 0. The standard InChI is InChI=1S/C31H34Cl2N2O2/c32-27-14-13-24(22-28(27)33)26-12-7-18-35(30(36)23-8-3-1-4-9-23)29(26)15-19-34-20-16-31(37,17-21-34)25-10-5-2-6-11-25/h1-6,8-11,13-14,22,26,29,37H,7,12,15-21H2. The van der Waals surface area contributed by atoms with Crippen LogP contribution >= 0.6 is 23.2 Å². The van der Waals surface area contributed by atoms with Crippen LogP contribution in [0.2, 0.25) is 10.0 Å². The van der Waals surface area contributed by atoms with Gasteiger partial charge >= 0.3 is 0 Å². The van der Waals surface area contributed by atoms with Gasteiger partial charge < -0.3 is 14.9 Å². The lowest BCUT2D eigenvalue weighted by Gasteiger charge is -2.44. The fourth-order valence-electron chi connectivity index (χ4n) is 6.04. The Morgan fingerprint density at radius 3 is 2.24 bits per heavy atom. The summed E-state index contributed by atoms with van der Waals surface area (Å²) in [7, 11) is 0. The van der Waals surface area contributed by atoms with Crippen LogP contribution in [0, 0.1) is 0 Å². The molecule has 1 amide bonds. The summed E-state index contributed by atoms with van der Waals surface area (Å²) in [5.74, 6) is 0.287. The highest BCUT2D eigenvalue weighted by Crippen LogP contribution is 2.38. The van der Waals surface area contributed by atoms with E-state index in [1.54, 1.807) is 0 Å². The van der Waals surface area contributed by atoms with Crippen LogP contribution in [0.1, 0.15) is 59.5 Å². The number of hydrogen-bond acceptors (Lipinski definition) is 3. The predicted octanol–water partition coefficient (Wildman–Crippen LogP) is 6.76. The minimum atomic E-state index is -0.763. The molecule has 3 aromatic rings. The van der Waals surface area contributed by atoms with Gasteiger partial charge in [-0.3, -0.25) is 4.79 Å². The number of halogens is 2. The van der Waals surface area contributed by atoms with Crippen molar-refractivity contribution in [1.29, 1.82) is 0 Å². The SMILES string of the molecule is O=C(c1ccccc1)N1CCCC(c2ccc(Cl)c(Cl)c2)C1CCN1CCC(O)(c2ccccc2)CC1. The topological polar surface area (TPSA) is 43.8 Å². The monoisotopic (exact) mass is 536 g/mol. The molecule has 2 saturated heterocycles. The van der Waals surface area contributed by atoms with Gasteiger partial charge in [0.15, 0.2) is 0 Å². The maximum Gasteiger partial charge on any atom is 0.254 e. The molecule has 0 aliphatic carbocycles. The second kappa shape index (κ2) is 11.6. The first-order valence-corrected chi connectivity index (χ1v) is 14.0. The van der Waals surface area contributed by atoms with E-state index >= 15 is 0 Å². The number of amides is 1. The lowest BCUT2D eigenvalue weighted by atomic mass is 9.81. The van der Waals surface area contributed by atoms with Crippen molar-refractivity contribution >= 4 is 29.1 Å². The van der Waals surface area contributed by atoms with Gasteiger partial charge in [-0.1, -0.05) is 77.8 Å². The lowest BCUT2D eigenvalue weighted by molar-refractivity contribution is -0.0277. The number of rotatable bonds is 6. The maximum atomic E-state index is 13.6. The largest absolute Gasteiger partial charge is 0.385 e. The van der Waals surface area contributed by atoms with E-state index in [4.69, 9.17) is 23.2 Å². The van der Waals surface area contributed by atoms with Crippen LogP contribution in [-0.2, 0) is 5.60 Å². The van der Waals surface area contributed by atoms with Crippen LogP contribution in [0.25, 0.3) is 0 Å². The third-order valence-electron chi connectivity index (χ3n) is 8.17. The molecular weight excluding hydrogens is 503 g/mol. The minimum absolute atomic E-state index is 0.0635. The first-order valence-electron chi connectivity index (χ1n) is 13.3. The second-order valence-corrected chi connectivity index (χ2v) is 11.2. The van der Waals surface area contributed by atoms with Crippen molar-refractivity contribution in [3.8, 4) is 0 Å². The summed E-state index contributed by atoms with van der Waals surface area (Å²) in [5, 5.41) is 12.4. The first-order chi connectivity index (χ1) is 17.9. The van der Waals surface area contributed by atoms with Gasteiger partial charge in [0, 0.05) is 43.7 Å². The van der Waals surface area contributed by atoms with Crippen LogP contribution in [0.3, 0.4) is 0 Å². The molecule has 3 aromatic carbocycles. The van der Waals surface area contributed by atoms with Gasteiger partial charge in [-0.15, -0.1) is 0 Å². The average Bonchev–Trinajstić information content (AvgIpc) is 2.95. The third kappa shape index (κ3) is 5.88. The van der Waals surface area contributed by atoms with Gasteiger partial charge in [0.1, 0.15) is 0 Å². The number of likely N-dealkylation sites (tertiary alicyclic amines) is 2. The molecule has 2 aliphatic rings. The summed E-state index contributed by atoms with van der Waals surface area (Å²) in [6.45, 7) is 3.31. The van der Waals surface area contributed by atoms with Gasteiger partial charge in [-0.05, 0) is 67.5 Å². The Bertz CT molecular complexity index is 1200. The number of aliphatic hydroxyl groups is 1. The number of nitrogens with zero attached hydrogens (tertiary/aromatic N) is 2. The van der Waals surface area contributed by atoms with Gasteiger partial charge in [0.25, 0.3) is 5.91 Å². The molecule has 2 unspecified atom stereocenters. The molecule has 5 rings (SSSR count). The van der Waals surface area contributed by atoms with Gasteiger partial charge in [0.05, 0.1) is 15.6 Å². The van der Waals surface area contributed by atoms with Crippen molar-refractivity contribution in [3.05, 3.63) is 106 Å². The van der Waals surface area contributed by atoms with E-state index in [0.29, 0.717) is 22.9 Å². The van der Waals surface area contributed by atoms with Crippen molar-refractivity contribution in [2.45, 2.75) is 49.7 Å². The third-order valence-corrected chi connectivity index (χ3v) is 8.91. The summed E-state index contributed by atoms with van der Waals surface area (Å²) in [6, 6.07) is 25.5. The summed E-state index contributed by atoms with van der Waals surface area (Å²) >= 11 is 12.6. The van der Waals surface area contributed by atoms with E-state index in [1.165, 1.54) is 0 Å². The van der Waals surface area contributed by atoms with E-state index in [0.717, 1.165) is 62.1 Å². The van der Waals surface area contributed by atoms with E-state index in [9.17, 15) is 9.90 Å². The number of hydrogen-bond donors (Lipinski definition) is 1. The van der Waals surface area contributed by atoms with Crippen molar-refractivity contribution in [2.75, 3.05) is 26.2 Å².